The van der Waals surface area contributed by atoms with E-state index in [1.165, 1.54) is 25.3 Å². The van der Waals surface area contributed by atoms with E-state index in [1.807, 2.05) is 0 Å². The molecule has 0 bridgehead atoms. The summed E-state index contributed by atoms with van der Waals surface area (Å²) in [5, 5.41) is 2.69. The van der Waals surface area contributed by atoms with Crippen LogP contribution in [0.15, 0.2) is 42.5 Å². The zero-order chi connectivity index (χ0) is 20.8. The normalized spacial score (nSPS) is 13.9. The topological polar surface area (TPSA) is 77.1 Å². The second-order valence-corrected chi connectivity index (χ2v) is 6.18. The molecule has 0 aromatic heterocycles. The highest BCUT2D eigenvalue weighted by atomic mass is 19.3. The molecular weight excluding hydrogens is 386 g/mol. The molecule has 2 amide bonds. The van der Waals surface area contributed by atoms with Crippen LogP contribution in [0.4, 0.5) is 14.5 Å². The molecule has 1 fully saturated rings. The van der Waals surface area contributed by atoms with Gasteiger partial charge in [-0.2, -0.15) is 8.78 Å². The second-order valence-electron chi connectivity index (χ2n) is 6.18. The highest BCUT2D eigenvalue weighted by Gasteiger charge is 2.19. The SMILES string of the molecule is COc1cc(C(=O)Nc2cccc(C(=O)N3CCOCC3)c2)ccc1OC(F)F. The van der Waals surface area contributed by atoms with Gasteiger partial charge in [0.15, 0.2) is 11.5 Å². The average molecular weight is 406 g/mol. The Balaban J connectivity index is 1.73. The molecule has 2 aromatic rings. The van der Waals surface area contributed by atoms with Gasteiger partial charge in [0, 0.05) is 29.9 Å². The molecule has 154 valence electrons. The number of hydrogen-bond donors (Lipinski definition) is 1. The van der Waals surface area contributed by atoms with Gasteiger partial charge in [0.05, 0.1) is 20.3 Å². The summed E-state index contributed by atoms with van der Waals surface area (Å²) >= 11 is 0. The number of carbonyl (C=O) groups is 2. The Kier molecular flexibility index (Phi) is 6.61. The van der Waals surface area contributed by atoms with Crippen molar-refractivity contribution in [3.8, 4) is 11.5 Å². The van der Waals surface area contributed by atoms with E-state index in [9.17, 15) is 18.4 Å². The van der Waals surface area contributed by atoms with Gasteiger partial charge in [-0.1, -0.05) is 6.07 Å². The third-order valence-electron chi connectivity index (χ3n) is 4.31. The van der Waals surface area contributed by atoms with E-state index in [0.29, 0.717) is 37.6 Å². The predicted molar refractivity (Wildman–Crippen MR) is 101 cm³/mol. The van der Waals surface area contributed by atoms with Crippen LogP contribution in [0, 0.1) is 0 Å². The molecule has 1 aliphatic rings. The first-order valence-corrected chi connectivity index (χ1v) is 8.89. The van der Waals surface area contributed by atoms with Gasteiger partial charge in [-0.05, 0) is 36.4 Å². The minimum atomic E-state index is -3.00. The van der Waals surface area contributed by atoms with Crippen LogP contribution in [-0.4, -0.2) is 56.7 Å². The number of methoxy groups -OCH3 is 1. The Morgan fingerprint density at radius 3 is 2.52 bits per heavy atom. The van der Waals surface area contributed by atoms with Crippen molar-refractivity contribution >= 4 is 17.5 Å². The minimum Gasteiger partial charge on any atom is -0.493 e. The lowest BCUT2D eigenvalue weighted by Crippen LogP contribution is -2.40. The number of benzene rings is 2. The molecule has 2 aromatic carbocycles. The Hall–Kier alpha value is -3.20. The third-order valence-corrected chi connectivity index (χ3v) is 4.31. The largest absolute Gasteiger partial charge is 0.493 e. The number of rotatable bonds is 6. The molecule has 0 spiro atoms. The Labute approximate surface area is 166 Å². The van der Waals surface area contributed by atoms with E-state index in [2.05, 4.69) is 10.1 Å². The van der Waals surface area contributed by atoms with Gasteiger partial charge in [0.25, 0.3) is 11.8 Å². The lowest BCUT2D eigenvalue weighted by molar-refractivity contribution is -0.0512. The Morgan fingerprint density at radius 2 is 1.83 bits per heavy atom. The highest BCUT2D eigenvalue weighted by molar-refractivity contribution is 6.05. The molecule has 0 radical (unpaired) electrons. The summed E-state index contributed by atoms with van der Waals surface area (Å²) in [5.41, 5.74) is 1.07. The van der Waals surface area contributed by atoms with Gasteiger partial charge in [-0.25, -0.2) is 0 Å². The maximum Gasteiger partial charge on any atom is 0.387 e. The lowest BCUT2D eigenvalue weighted by atomic mass is 10.1. The van der Waals surface area contributed by atoms with E-state index in [1.54, 1.807) is 29.2 Å². The van der Waals surface area contributed by atoms with E-state index in [0.717, 1.165) is 0 Å². The second kappa shape index (κ2) is 9.33. The fraction of sp³-hybridized carbons (Fsp3) is 0.300. The standard InChI is InChI=1S/C20H20F2N2O5/c1-27-17-12-13(5-6-16(17)29-20(21)22)18(25)23-15-4-2-3-14(11-15)19(26)24-7-9-28-10-8-24/h2-6,11-12,20H,7-10H2,1H3,(H,23,25). The summed E-state index contributed by atoms with van der Waals surface area (Å²) in [6, 6.07) is 10.5. The number of carbonyl (C=O) groups excluding carboxylic acids is 2. The van der Waals surface area contributed by atoms with Crippen molar-refractivity contribution in [3.05, 3.63) is 53.6 Å². The summed E-state index contributed by atoms with van der Waals surface area (Å²) < 4.78 is 39.5. The van der Waals surface area contributed by atoms with Crippen LogP contribution in [0.3, 0.4) is 0 Å². The average Bonchev–Trinajstić information content (AvgIpc) is 2.74. The molecule has 0 atom stereocenters. The molecule has 1 N–H and O–H groups in total. The molecule has 9 heteroatoms. The quantitative estimate of drug-likeness (QED) is 0.798. The fourth-order valence-corrected chi connectivity index (χ4v) is 2.88. The Morgan fingerprint density at radius 1 is 1.07 bits per heavy atom. The fourth-order valence-electron chi connectivity index (χ4n) is 2.88. The first kappa shape index (κ1) is 20.5. The van der Waals surface area contributed by atoms with Gasteiger partial charge in [-0.3, -0.25) is 9.59 Å². The first-order valence-electron chi connectivity index (χ1n) is 8.89. The van der Waals surface area contributed by atoms with Crippen LogP contribution in [0.25, 0.3) is 0 Å². The summed E-state index contributed by atoms with van der Waals surface area (Å²) in [6.45, 7) is -0.981. The number of hydrogen-bond acceptors (Lipinski definition) is 5. The molecule has 1 saturated heterocycles. The number of anilines is 1. The molecule has 0 unspecified atom stereocenters. The van der Waals surface area contributed by atoms with E-state index >= 15 is 0 Å². The Bertz CT molecular complexity index is 885. The van der Waals surface area contributed by atoms with Crippen molar-refractivity contribution < 1.29 is 32.6 Å². The van der Waals surface area contributed by atoms with Crippen molar-refractivity contribution in [2.24, 2.45) is 0 Å². The van der Waals surface area contributed by atoms with Crippen molar-refractivity contribution in [1.29, 1.82) is 0 Å². The van der Waals surface area contributed by atoms with Gasteiger partial charge >= 0.3 is 6.61 Å². The number of nitrogens with one attached hydrogen (secondary N) is 1. The summed E-state index contributed by atoms with van der Waals surface area (Å²) in [6.07, 6.45) is 0. The van der Waals surface area contributed by atoms with Gasteiger partial charge in [0.2, 0.25) is 0 Å². The van der Waals surface area contributed by atoms with Crippen molar-refractivity contribution in [3.63, 3.8) is 0 Å². The molecule has 7 nitrogen and oxygen atoms in total. The molecule has 1 aliphatic heterocycles. The number of halogens is 2. The maximum absolute atomic E-state index is 12.6. The van der Waals surface area contributed by atoms with Gasteiger partial charge in [0.1, 0.15) is 0 Å². The number of ether oxygens (including phenoxy) is 3. The van der Waals surface area contributed by atoms with Crippen molar-refractivity contribution in [1.82, 2.24) is 4.90 Å². The molecular formula is C20H20F2N2O5. The maximum atomic E-state index is 12.6. The van der Waals surface area contributed by atoms with E-state index in [-0.39, 0.29) is 23.0 Å². The first-order chi connectivity index (χ1) is 14.0. The van der Waals surface area contributed by atoms with Gasteiger partial charge < -0.3 is 24.4 Å². The van der Waals surface area contributed by atoms with Crippen molar-refractivity contribution in [2.75, 3.05) is 38.7 Å². The zero-order valence-corrected chi connectivity index (χ0v) is 15.7. The van der Waals surface area contributed by atoms with E-state index in [4.69, 9.17) is 9.47 Å². The van der Waals surface area contributed by atoms with Crippen LogP contribution >= 0.6 is 0 Å². The minimum absolute atomic E-state index is 0.00851. The molecule has 29 heavy (non-hydrogen) atoms. The summed E-state index contributed by atoms with van der Waals surface area (Å²) in [4.78, 5) is 26.8. The predicted octanol–water partition coefficient (Wildman–Crippen LogP) is 3.02. The number of nitrogens with zero attached hydrogens (tertiary/aromatic N) is 1. The van der Waals surface area contributed by atoms with E-state index < -0.39 is 12.5 Å². The van der Waals surface area contributed by atoms with Crippen LogP contribution < -0.4 is 14.8 Å². The van der Waals surface area contributed by atoms with Crippen LogP contribution in [0.2, 0.25) is 0 Å². The zero-order valence-electron chi connectivity index (χ0n) is 15.7. The van der Waals surface area contributed by atoms with Crippen molar-refractivity contribution in [2.45, 2.75) is 6.61 Å². The van der Waals surface area contributed by atoms with Crippen LogP contribution in [-0.2, 0) is 4.74 Å². The summed E-state index contributed by atoms with van der Waals surface area (Å²) in [5.74, 6) is -0.784. The molecule has 0 saturated carbocycles. The number of alkyl halides is 2. The molecule has 0 aliphatic carbocycles. The van der Waals surface area contributed by atoms with Crippen LogP contribution in [0.5, 0.6) is 11.5 Å². The molecule has 3 rings (SSSR count). The van der Waals surface area contributed by atoms with Crippen LogP contribution in [0.1, 0.15) is 20.7 Å². The lowest BCUT2D eigenvalue weighted by Gasteiger charge is -2.27. The number of morpholine rings is 1. The number of amides is 2. The smallest absolute Gasteiger partial charge is 0.387 e. The van der Waals surface area contributed by atoms with Gasteiger partial charge in [-0.15, -0.1) is 0 Å². The molecule has 1 heterocycles. The highest BCUT2D eigenvalue weighted by Crippen LogP contribution is 2.29. The summed E-state index contributed by atoms with van der Waals surface area (Å²) in [7, 11) is 1.29. The monoisotopic (exact) mass is 406 g/mol. The third kappa shape index (κ3) is 5.20.